The van der Waals surface area contributed by atoms with E-state index < -0.39 is 23.8 Å². The lowest BCUT2D eigenvalue weighted by molar-refractivity contribution is -0.121. The highest BCUT2D eigenvalue weighted by molar-refractivity contribution is 6.23. The number of imide groups is 1. The second kappa shape index (κ2) is 6.49. The van der Waals surface area contributed by atoms with E-state index in [1.54, 1.807) is 49.5 Å². The van der Waals surface area contributed by atoms with Gasteiger partial charge in [0.15, 0.2) is 6.61 Å². The highest BCUT2D eigenvalue weighted by atomic mass is 16.5. The first-order valence-electron chi connectivity index (χ1n) is 8.69. The van der Waals surface area contributed by atoms with E-state index in [1.807, 2.05) is 0 Å². The average Bonchev–Trinajstić information content (AvgIpc) is 2.95. The van der Waals surface area contributed by atoms with Crippen molar-refractivity contribution in [2.75, 3.05) is 23.9 Å². The molecule has 2 aromatic rings. The van der Waals surface area contributed by atoms with Crippen LogP contribution >= 0.6 is 0 Å². The second-order valence-corrected chi connectivity index (χ2v) is 6.62. The predicted molar refractivity (Wildman–Crippen MR) is 100 cm³/mol. The van der Waals surface area contributed by atoms with Gasteiger partial charge in [-0.1, -0.05) is 12.1 Å². The van der Waals surface area contributed by atoms with Crippen LogP contribution in [0.25, 0.3) is 0 Å². The van der Waals surface area contributed by atoms with Crippen molar-refractivity contribution in [3.05, 3.63) is 53.6 Å². The summed E-state index contributed by atoms with van der Waals surface area (Å²) in [5.41, 5.74) is 1.63. The molecular formula is C20H17N3O5. The van der Waals surface area contributed by atoms with Crippen LogP contribution in [-0.2, 0) is 9.59 Å². The zero-order valence-electron chi connectivity index (χ0n) is 15.3. The summed E-state index contributed by atoms with van der Waals surface area (Å²) in [4.78, 5) is 51.8. The molecule has 1 atom stereocenters. The fourth-order valence-electron chi connectivity index (χ4n) is 3.28. The third-order valence-corrected chi connectivity index (χ3v) is 4.91. The molecule has 0 spiro atoms. The third kappa shape index (κ3) is 2.70. The molecule has 0 bridgehead atoms. The number of amides is 4. The zero-order chi connectivity index (χ0) is 20.0. The molecule has 142 valence electrons. The Morgan fingerprint density at radius 2 is 1.71 bits per heavy atom. The number of carbonyl (C=O) groups is 4. The average molecular weight is 379 g/mol. The van der Waals surface area contributed by atoms with Gasteiger partial charge in [0.05, 0.1) is 16.8 Å². The van der Waals surface area contributed by atoms with Gasteiger partial charge < -0.3 is 15.0 Å². The number of nitrogens with zero attached hydrogens (tertiary/aromatic N) is 2. The molecule has 1 unspecified atom stereocenters. The number of carbonyl (C=O) groups excluding carboxylic acids is 4. The molecule has 4 amide bonds. The molecule has 0 radical (unpaired) electrons. The fourth-order valence-corrected chi connectivity index (χ4v) is 3.28. The van der Waals surface area contributed by atoms with Crippen molar-refractivity contribution < 1.29 is 23.9 Å². The van der Waals surface area contributed by atoms with Crippen LogP contribution in [0.3, 0.4) is 0 Å². The van der Waals surface area contributed by atoms with Crippen LogP contribution in [-0.4, -0.2) is 48.2 Å². The Morgan fingerprint density at radius 1 is 1.07 bits per heavy atom. The smallest absolute Gasteiger partial charge is 0.264 e. The van der Waals surface area contributed by atoms with E-state index in [1.165, 1.54) is 11.8 Å². The summed E-state index contributed by atoms with van der Waals surface area (Å²) < 4.78 is 5.40. The van der Waals surface area contributed by atoms with E-state index in [4.69, 9.17) is 4.74 Å². The number of nitrogens with one attached hydrogen (secondary N) is 1. The molecule has 0 saturated carbocycles. The van der Waals surface area contributed by atoms with Gasteiger partial charge in [-0.2, -0.15) is 0 Å². The van der Waals surface area contributed by atoms with E-state index in [2.05, 4.69) is 5.32 Å². The molecule has 4 rings (SSSR count). The van der Waals surface area contributed by atoms with E-state index in [-0.39, 0.29) is 12.5 Å². The molecule has 0 fully saturated rings. The third-order valence-electron chi connectivity index (χ3n) is 4.91. The Hall–Kier alpha value is -3.68. The van der Waals surface area contributed by atoms with Crippen molar-refractivity contribution in [2.45, 2.75) is 13.0 Å². The molecular weight excluding hydrogens is 362 g/mol. The number of anilines is 2. The SMILES string of the molecule is CC(C(=O)Nc1ccc2c(c1)OCC(=O)N2C)N1C(=O)c2ccccc2C1=O. The number of hydrogen-bond acceptors (Lipinski definition) is 5. The predicted octanol–water partition coefficient (Wildman–Crippen LogP) is 1.67. The lowest BCUT2D eigenvalue weighted by Crippen LogP contribution is -2.45. The summed E-state index contributed by atoms with van der Waals surface area (Å²) in [5.74, 6) is -1.18. The van der Waals surface area contributed by atoms with Crippen LogP contribution in [0.5, 0.6) is 5.75 Å². The maximum absolute atomic E-state index is 12.7. The van der Waals surface area contributed by atoms with Crippen molar-refractivity contribution in [1.29, 1.82) is 0 Å². The summed E-state index contributed by atoms with van der Waals surface area (Å²) in [6.07, 6.45) is 0. The van der Waals surface area contributed by atoms with Crippen LogP contribution in [0.4, 0.5) is 11.4 Å². The van der Waals surface area contributed by atoms with Gasteiger partial charge in [-0.05, 0) is 31.2 Å². The minimum Gasteiger partial charge on any atom is -0.481 e. The summed E-state index contributed by atoms with van der Waals surface area (Å²) in [5, 5.41) is 2.69. The molecule has 1 N–H and O–H groups in total. The first-order valence-corrected chi connectivity index (χ1v) is 8.69. The minimum atomic E-state index is -0.992. The lowest BCUT2D eigenvalue weighted by atomic mass is 10.1. The van der Waals surface area contributed by atoms with E-state index in [0.717, 1.165) is 4.90 Å². The first kappa shape index (κ1) is 17.7. The van der Waals surface area contributed by atoms with Crippen LogP contribution in [0, 0.1) is 0 Å². The van der Waals surface area contributed by atoms with Crippen molar-refractivity contribution in [2.24, 2.45) is 0 Å². The number of hydrogen-bond donors (Lipinski definition) is 1. The standard InChI is InChI=1S/C20H17N3O5/c1-11(23-19(26)13-5-3-4-6-14(13)20(23)27)18(25)21-12-7-8-15-16(9-12)28-10-17(24)22(15)2/h3-9,11H,10H2,1-2H3,(H,21,25). The van der Waals surface area contributed by atoms with Gasteiger partial charge in [0, 0.05) is 18.8 Å². The van der Waals surface area contributed by atoms with Crippen molar-refractivity contribution >= 4 is 35.0 Å². The van der Waals surface area contributed by atoms with Gasteiger partial charge >= 0.3 is 0 Å². The highest BCUT2D eigenvalue weighted by Crippen LogP contribution is 2.34. The lowest BCUT2D eigenvalue weighted by Gasteiger charge is -2.26. The summed E-state index contributed by atoms with van der Waals surface area (Å²) in [6.45, 7) is 1.42. The molecule has 8 nitrogen and oxygen atoms in total. The Labute approximate surface area is 160 Å². The maximum atomic E-state index is 12.7. The minimum absolute atomic E-state index is 0.0770. The molecule has 28 heavy (non-hydrogen) atoms. The largest absolute Gasteiger partial charge is 0.481 e. The maximum Gasteiger partial charge on any atom is 0.264 e. The Bertz CT molecular complexity index is 997. The number of rotatable bonds is 3. The molecule has 0 aliphatic carbocycles. The molecule has 2 aliphatic rings. The van der Waals surface area contributed by atoms with Crippen molar-refractivity contribution in [1.82, 2.24) is 4.90 Å². The first-order chi connectivity index (χ1) is 13.4. The van der Waals surface area contributed by atoms with Gasteiger partial charge in [0.1, 0.15) is 11.8 Å². The summed E-state index contributed by atoms with van der Waals surface area (Å²) >= 11 is 0. The number of fused-ring (bicyclic) bond motifs is 2. The number of ether oxygens (including phenoxy) is 1. The highest BCUT2D eigenvalue weighted by Gasteiger charge is 2.40. The normalized spacial score (nSPS) is 16.4. The van der Waals surface area contributed by atoms with Crippen LogP contribution in [0.2, 0.25) is 0 Å². The quantitative estimate of drug-likeness (QED) is 0.819. The number of likely N-dealkylation sites (N-methyl/N-ethyl adjacent to an activating group) is 1. The molecule has 0 aromatic heterocycles. The Balaban J connectivity index is 1.53. The van der Waals surface area contributed by atoms with Crippen molar-refractivity contribution in [3.8, 4) is 5.75 Å². The van der Waals surface area contributed by atoms with Crippen molar-refractivity contribution in [3.63, 3.8) is 0 Å². The summed E-state index contributed by atoms with van der Waals surface area (Å²) in [7, 11) is 1.65. The van der Waals surface area contributed by atoms with Crippen LogP contribution in [0.1, 0.15) is 27.6 Å². The van der Waals surface area contributed by atoms with E-state index >= 15 is 0 Å². The fraction of sp³-hybridized carbons (Fsp3) is 0.200. The van der Waals surface area contributed by atoms with Gasteiger partial charge in [-0.3, -0.25) is 24.1 Å². The molecule has 2 aromatic carbocycles. The van der Waals surface area contributed by atoms with Crippen LogP contribution < -0.4 is 15.0 Å². The van der Waals surface area contributed by atoms with E-state index in [0.29, 0.717) is 28.3 Å². The van der Waals surface area contributed by atoms with Gasteiger partial charge in [0.2, 0.25) is 5.91 Å². The van der Waals surface area contributed by atoms with E-state index in [9.17, 15) is 19.2 Å². The van der Waals surface area contributed by atoms with Gasteiger partial charge in [-0.15, -0.1) is 0 Å². The second-order valence-electron chi connectivity index (χ2n) is 6.62. The molecule has 0 saturated heterocycles. The zero-order valence-corrected chi connectivity index (χ0v) is 15.3. The Morgan fingerprint density at radius 3 is 2.36 bits per heavy atom. The van der Waals surface area contributed by atoms with Gasteiger partial charge in [-0.25, -0.2) is 0 Å². The summed E-state index contributed by atoms with van der Waals surface area (Å²) in [6, 6.07) is 10.4. The number of benzene rings is 2. The molecule has 2 aliphatic heterocycles. The topological polar surface area (TPSA) is 96.0 Å². The Kier molecular flexibility index (Phi) is 4.11. The molecule has 8 heteroatoms. The monoisotopic (exact) mass is 379 g/mol. The van der Waals surface area contributed by atoms with Crippen LogP contribution in [0.15, 0.2) is 42.5 Å². The molecule has 2 heterocycles. The van der Waals surface area contributed by atoms with Gasteiger partial charge in [0.25, 0.3) is 17.7 Å².